The lowest BCUT2D eigenvalue weighted by Gasteiger charge is -2.15. The molecule has 0 saturated carbocycles. The zero-order valence-corrected chi connectivity index (χ0v) is 21.9. The monoisotopic (exact) mass is 538 g/mol. The number of urea groups is 1. The lowest BCUT2D eigenvalue weighted by atomic mass is 10.1. The molecular weight excluding hydrogens is 511 g/mol. The Morgan fingerprint density at radius 2 is 1.73 bits per heavy atom. The first-order valence-corrected chi connectivity index (χ1v) is 12.8. The van der Waals surface area contributed by atoms with Crippen LogP contribution in [0.3, 0.4) is 0 Å². The summed E-state index contributed by atoms with van der Waals surface area (Å²) in [4.78, 5) is 37.6. The summed E-state index contributed by atoms with van der Waals surface area (Å²) in [7, 11) is 0. The van der Waals surface area contributed by atoms with Gasteiger partial charge in [0.15, 0.2) is 0 Å². The van der Waals surface area contributed by atoms with Gasteiger partial charge in [-0.2, -0.15) is 0 Å². The van der Waals surface area contributed by atoms with Crippen LogP contribution in [0.5, 0.6) is 0 Å². The van der Waals surface area contributed by atoms with Gasteiger partial charge in [-0.05, 0) is 48.6 Å². The molecule has 37 heavy (non-hydrogen) atoms. The third-order valence-electron chi connectivity index (χ3n) is 6.17. The number of aryl methyl sites for hydroxylation is 2. The molecule has 0 spiro atoms. The molecule has 0 heterocycles. The van der Waals surface area contributed by atoms with E-state index in [1.165, 1.54) is 11.6 Å². The molecule has 4 N–H and O–H groups in total. The molecule has 3 aromatic rings. The van der Waals surface area contributed by atoms with Crippen LogP contribution in [-0.2, 0) is 17.6 Å². The summed E-state index contributed by atoms with van der Waals surface area (Å²) in [5.74, 6) is -0.766. The average molecular weight is 539 g/mol. The summed E-state index contributed by atoms with van der Waals surface area (Å²) in [6, 6.07) is 18.5. The Labute approximate surface area is 225 Å². The van der Waals surface area contributed by atoms with Crippen molar-refractivity contribution >= 4 is 46.7 Å². The van der Waals surface area contributed by atoms with Gasteiger partial charge in [0.25, 0.3) is 5.91 Å². The standard InChI is InChI=1S/C28H28Cl2N4O3/c1-17-5-4-6-18(15-17)16-24(35)33-23-12-10-21(29)25(26(23)30)27(36)31-13-14-32-28(37)34-22-11-9-19-7-2-3-8-20(19)22/h2-8,10,12,15,22H,9,11,13-14,16H2,1H3,(H,31,36)(H,33,35)(H2,32,34,37)/t22-/m1/s1. The van der Waals surface area contributed by atoms with E-state index in [9.17, 15) is 14.4 Å². The molecule has 1 atom stereocenters. The van der Waals surface area contributed by atoms with Crippen LogP contribution in [0, 0.1) is 6.92 Å². The van der Waals surface area contributed by atoms with Crippen molar-refractivity contribution in [3.8, 4) is 0 Å². The third-order valence-corrected chi connectivity index (χ3v) is 6.88. The van der Waals surface area contributed by atoms with Gasteiger partial charge in [-0.3, -0.25) is 9.59 Å². The minimum Gasteiger partial charge on any atom is -0.350 e. The number of amides is 4. The van der Waals surface area contributed by atoms with E-state index in [0.717, 1.165) is 29.5 Å². The Hall–Kier alpha value is -3.55. The normalized spacial score (nSPS) is 14.0. The highest BCUT2D eigenvalue weighted by atomic mass is 35.5. The molecule has 3 aromatic carbocycles. The number of anilines is 1. The van der Waals surface area contributed by atoms with E-state index in [1.54, 1.807) is 6.07 Å². The molecule has 0 bridgehead atoms. The molecular formula is C28H28Cl2N4O3. The minimum absolute atomic E-state index is 0.0210. The Morgan fingerprint density at radius 1 is 0.946 bits per heavy atom. The fourth-order valence-corrected chi connectivity index (χ4v) is 5.01. The summed E-state index contributed by atoms with van der Waals surface area (Å²) >= 11 is 12.7. The van der Waals surface area contributed by atoms with Crippen molar-refractivity contribution in [1.29, 1.82) is 0 Å². The fourth-order valence-electron chi connectivity index (χ4n) is 4.42. The highest BCUT2D eigenvalue weighted by Gasteiger charge is 2.23. The van der Waals surface area contributed by atoms with Gasteiger partial charge in [0.1, 0.15) is 0 Å². The van der Waals surface area contributed by atoms with E-state index in [4.69, 9.17) is 23.2 Å². The second-order valence-corrected chi connectivity index (χ2v) is 9.73. The molecule has 0 saturated heterocycles. The summed E-state index contributed by atoms with van der Waals surface area (Å²) in [5.41, 5.74) is 4.68. The second kappa shape index (κ2) is 12.1. The van der Waals surface area contributed by atoms with Gasteiger partial charge >= 0.3 is 6.03 Å². The maximum Gasteiger partial charge on any atom is 0.315 e. The van der Waals surface area contributed by atoms with Gasteiger partial charge in [0.05, 0.1) is 33.8 Å². The van der Waals surface area contributed by atoms with Crippen molar-refractivity contribution in [1.82, 2.24) is 16.0 Å². The van der Waals surface area contributed by atoms with E-state index < -0.39 is 5.91 Å². The number of hydrogen-bond donors (Lipinski definition) is 4. The fraction of sp³-hybridized carbons (Fsp3) is 0.250. The quantitative estimate of drug-likeness (QED) is 0.296. The zero-order chi connectivity index (χ0) is 26.4. The van der Waals surface area contributed by atoms with Gasteiger partial charge in [0.2, 0.25) is 5.91 Å². The summed E-state index contributed by atoms with van der Waals surface area (Å²) < 4.78 is 0. The number of benzene rings is 3. The number of rotatable bonds is 8. The van der Waals surface area contributed by atoms with Gasteiger partial charge in [-0.25, -0.2) is 4.79 Å². The Morgan fingerprint density at radius 3 is 2.54 bits per heavy atom. The van der Waals surface area contributed by atoms with Gasteiger partial charge in [-0.15, -0.1) is 0 Å². The maximum atomic E-state index is 12.8. The van der Waals surface area contributed by atoms with E-state index >= 15 is 0 Å². The summed E-state index contributed by atoms with van der Waals surface area (Å²) in [5, 5.41) is 11.4. The summed E-state index contributed by atoms with van der Waals surface area (Å²) in [6.07, 6.45) is 1.96. The molecule has 0 unspecified atom stereocenters. The number of carbonyl (C=O) groups is 3. The first-order chi connectivity index (χ1) is 17.8. The van der Waals surface area contributed by atoms with Crippen LogP contribution < -0.4 is 21.3 Å². The molecule has 1 aliphatic rings. The molecule has 4 amide bonds. The Kier molecular flexibility index (Phi) is 8.69. The number of fused-ring (bicyclic) bond motifs is 1. The Balaban J connectivity index is 1.27. The van der Waals surface area contributed by atoms with Crippen molar-refractivity contribution in [2.75, 3.05) is 18.4 Å². The third kappa shape index (κ3) is 6.81. The van der Waals surface area contributed by atoms with Crippen LogP contribution in [0.15, 0.2) is 60.7 Å². The highest BCUT2D eigenvalue weighted by Crippen LogP contribution is 2.32. The average Bonchev–Trinajstić information content (AvgIpc) is 3.26. The minimum atomic E-state index is -0.503. The SMILES string of the molecule is Cc1cccc(CC(=O)Nc2ccc(Cl)c(C(=O)NCCNC(=O)N[C@@H]3CCc4ccccc43)c2Cl)c1. The lowest BCUT2D eigenvalue weighted by Crippen LogP contribution is -2.41. The van der Waals surface area contributed by atoms with Crippen LogP contribution in [0.25, 0.3) is 0 Å². The molecule has 9 heteroatoms. The smallest absolute Gasteiger partial charge is 0.315 e. The van der Waals surface area contributed by atoms with Gasteiger partial charge < -0.3 is 21.3 Å². The van der Waals surface area contributed by atoms with E-state index in [1.807, 2.05) is 49.4 Å². The number of nitrogens with one attached hydrogen (secondary N) is 4. The molecule has 1 aliphatic carbocycles. The van der Waals surface area contributed by atoms with Crippen LogP contribution >= 0.6 is 23.2 Å². The van der Waals surface area contributed by atoms with E-state index in [-0.39, 0.29) is 53.1 Å². The molecule has 4 rings (SSSR count). The molecule has 0 fully saturated rings. The predicted octanol–water partition coefficient (Wildman–Crippen LogP) is 5.20. The largest absolute Gasteiger partial charge is 0.350 e. The van der Waals surface area contributed by atoms with Crippen LogP contribution in [0.2, 0.25) is 10.0 Å². The number of carbonyl (C=O) groups excluding carboxylic acids is 3. The van der Waals surface area contributed by atoms with Gasteiger partial charge in [-0.1, -0.05) is 77.3 Å². The van der Waals surface area contributed by atoms with E-state index in [0.29, 0.717) is 5.69 Å². The van der Waals surface area contributed by atoms with E-state index in [2.05, 4.69) is 27.3 Å². The second-order valence-electron chi connectivity index (χ2n) is 8.94. The Bertz CT molecular complexity index is 1330. The van der Waals surface area contributed by atoms with Crippen LogP contribution in [-0.4, -0.2) is 30.9 Å². The van der Waals surface area contributed by atoms with Crippen molar-refractivity contribution < 1.29 is 14.4 Å². The first kappa shape index (κ1) is 26.5. The van der Waals surface area contributed by atoms with Crippen molar-refractivity contribution in [2.45, 2.75) is 32.2 Å². The van der Waals surface area contributed by atoms with Crippen LogP contribution in [0.4, 0.5) is 10.5 Å². The topological polar surface area (TPSA) is 99.3 Å². The molecule has 0 aromatic heterocycles. The van der Waals surface area contributed by atoms with Crippen molar-refractivity contribution in [3.05, 3.63) is 98.5 Å². The number of hydrogen-bond acceptors (Lipinski definition) is 3. The molecule has 7 nitrogen and oxygen atoms in total. The lowest BCUT2D eigenvalue weighted by molar-refractivity contribution is -0.115. The molecule has 0 aliphatic heterocycles. The predicted molar refractivity (Wildman–Crippen MR) is 146 cm³/mol. The highest BCUT2D eigenvalue weighted by molar-refractivity contribution is 6.41. The van der Waals surface area contributed by atoms with Crippen molar-refractivity contribution in [3.63, 3.8) is 0 Å². The maximum absolute atomic E-state index is 12.8. The van der Waals surface area contributed by atoms with Crippen LogP contribution in [0.1, 0.15) is 45.1 Å². The summed E-state index contributed by atoms with van der Waals surface area (Å²) in [6.45, 7) is 2.34. The zero-order valence-electron chi connectivity index (χ0n) is 20.4. The number of halogens is 2. The van der Waals surface area contributed by atoms with Crippen molar-refractivity contribution in [2.24, 2.45) is 0 Å². The molecule has 192 valence electrons. The van der Waals surface area contributed by atoms with Gasteiger partial charge in [0, 0.05) is 13.1 Å². The molecule has 0 radical (unpaired) electrons. The first-order valence-electron chi connectivity index (χ1n) is 12.1.